The van der Waals surface area contributed by atoms with E-state index in [1.54, 1.807) is 22.0 Å². The number of nitrogens with zero attached hydrogens (tertiary/aromatic N) is 2. The van der Waals surface area contributed by atoms with Gasteiger partial charge in [-0.2, -0.15) is 0 Å². The van der Waals surface area contributed by atoms with Crippen LogP contribution in [-0.4, -0.2) is 48.2 Å². The fraction of sp³-hybridized carbons (Fsp3) is 0.400. The van der Waals surface area contributed by atoms with Gasteiger partial charge in [0.2, 0.25) is 5.91 Å². The molecule has 2 heterocycles. The van der Waals surface area contributed by atoms with Crippen LogP contribution in [0.5, 0.6) is 0 Å². The molecule has 0 spiro atoms. The van der Waals surface area contributed by atoms with E-state index in [1.165, 1.54) is 16.9 Å². The summed E-state index contributed by atoms with van der Waals surface area (Å²) < 4.78 is 5.02. The van der Waals surface area contributed by atoms with E-state index < -0.39 is 5.97 Å². The number of carbonyl (C=O) groups is 3. The van der Waals surface area contributed by atoms with Crippen molar-refractivity contribution in [3.8, 4) is 0 Å². The van der Waals surface area contributed by atoms with Gasteiger partial charge < -0.3 is 10.1 Å². The van der Waals surface area contributed by atoms with E-state index in [2.05, 4.69) is 22.4 Å². The number of thioether (sulfide) groups is 1. The first-order chi connectivity index (χ1) is 14.0. The highest BCUT2D eigenvalue weighted by molar-refractivity contribution is 7.99. The standard InChI is InChI=1S/C20H23N3O4S2/c1-14-4-6-16(7-5-14)28-10-8-21-17(24)12-27-19(26)11-15-13-29-20(22-15)23-9-2-3-18(23)25/h4-7,13H,2-3,8-12H2,1H3,(H,21,24). The molecule has 7 nitrogen and oxygen atoms in total. The van der Waals surface area contributed by atoms with E-state index in [0.717, 1.165) is 17.1 Å². The Kier molecular flexibility index (Phi) is 7.65. The number of ether oxygens (including phenoxy) is 1. The van der Waals surface area contributed by atoms with Crippen LogP contribution in [-0.2, 0) is 25.5 Å². The van der Waals surface area contributed by atoms with Crippen molar-refractivity contribution in [2.24, 2.45) is 0 Å². The van der Waals surface area contributed by atoms with Crippen molar-refractivity contribution in [2.45, 2.75) is 31.1 Å². The lowest BCUT2D eigenvalue weighted by Gasteiger charge is -2.10. The summed E-state index contributed by atoms with van der Waals surface area (Å²) in [5, 5.41) is 5.09. The van der Waals surface area contributed by atoms with Crippen molar-refractivity contribution in [1.82, 2.24) is 10.3 Å². The molecular weight excluding hydrogens is 410 g/mol. The molecule has 0 saturated carbocycles. The van der Waals surface area contributed by atoms with Crippen LogP contribution in [0.15, 0.2) is 34.5 Å². The molecule has 2 aromatic rings. The van der Waals surface area contributed by atoms with Crippen molar-refractivity contribution in [3.05, 3.63) is 40.9 Å². The molecular formula is C20H23N3O4S2. The second kappa shape index (κ2) is 10.4. The lowest BCUT2D eigenvalue weighted by molar-refractivity contribution is -0.147. The third kappa shape index (κ3) is 6.57. The highest BCUT2D eigenvalue weighted by Crippen LogP contribution is 2.25. The molecule has 1 aliphatic heterocycles. The predicted molar refractivity (Wildman–Crippen MR) is 113 cm³/mol. The van der Waals surface area contributed by atoms with E-state index in [4.69, 9.17) is 4.74 Å². The number of aromatic nitrogens is 1. The summed E-state index contributed by atoms with van der Waals surface area (Å²) in [6, 6.07) is 8.20. The number of thiazole rings is 1. The molecule has 1 aliphatic rings. The van der Waals surface area contributed by atoms with Crippen molar-refractivity contribution >= 4 is 46.0 Å². The zero-order valence-corrected chi connectivity index (χ0v) is 17.8. The van der Waals surface area contributed by atoms with Gasteiger partial charge in [-0.05, 0) is 25.5 Å². The van der Waals surface area contributed by atoms with E-state index in [-0.39, 0.29) is 24.8 Å². The summed E-state index contributed by atoms with van der Waals surface area (Å²) in [5.74, 6) is -0.0477. The Morgan fingerprint density at radius 3 is 2.83 bits per heavy atom. The molecule has 0 bridgehead atoms. The number of amides is 2. The van der Waals surface area contributed by atoms with E-state index in [1.807, 2.05) is 19.1 Å². The van der Waals surface area contributed by atoms with Crippen LogP contribution < -0.4 is 10.2 Å². The highest BCUT2D eigenvalue weighted by Gasteiger charge is 2.24. The third-order valence-corrected chi connectivity index (χ3v) is 6.17. The Bertz CT molecular complexity index is 867. The Labute approximate surface area is 177 Å². The van der Waals surface area contributed by atoms with Crippen molar-refractivity contribution in [3.63, 3.8) is 0 Å². The second-order valence-corrected chi connectivity index (χ2v) is 8.62. The number of hydrogen-bond donors (Lipinski definition) is 1. The van der Waals surface area contributed by atoms with Crippen LogP contribution in [0.4, 0.5) is 5.13 Å². The summed E-state index contributed by atoms with van der Waals surface area (Å²) in [7, 11) is 0. The molecule has 1 aromatic heterocycles. The molecule has 154 valence electrons. The summed E-state index contributed by atoms with van der Waals surface area (Å²) in [6.45, 7) is 2.89. The molecule has 0 unspecified atom stereocenters. The fourth-order valence-electron chi connectivity index (χ4n) is 2.74. The van der Waals surface area contributed by atoms with Gasteiger partial charge >= 0.3 is 5.97 Å². The number of benzene rings is 1. The Morgan fingerprint density at radius 2 is 2.10 bits per heavy atom. The molecule has 9 heteroatoms. The average Bonchev–Trinajstić information content (AvgIpc) is 3.33. The number of aryl methyl sites for hydroxylation is 1. The number of nitrogens with one attached hydrogen (secondary N) is 1. The van der Waals surface area contributed by atoms with E-state index in [0.29, 0.717) is 30.3 Å². The summed E-state index contributed by atoms with van der Waals surface area (Å²) >= 11 is 2.99. The van der Waals surface area contributed by atoms with E-state index in [9.17, 15) is 14.4 Å². The summed E-state index contributed by atoms with van der Waals surface area (Å²) in [4.78, 5) is 42.6. The largest absolute Gasteiger partial charge is 0.455 e. The minimum atomic E-state index is -0.515. The van der Waals surface area contributed by atoms with Crippen molar-refractivity contribution in [1.29, 1.82) is 0 Å². The van der Waals surface area contributed by atoms with E-state index >= 15 is 0 Å². The van der Waals surface area contributed by atoms with Crippen LogP contribution in [0.2, 0.25) is 0 Å². The Hall–Kier alpha value is -2.39. The lowest BCUT2D eigenvalue weighted by Crippen LogP contribution is -2.30. The predicted octanol–water partition coefficient (Wildman–Crippen LogP) is 2.57. The third-order valence-electron chi connectivity index (χ3n) is 4.25. The fourth-order valence-corrected chi connectivity index (χ4v) is 4.38. The van der Waals surface area contributed by atoms with Crippen LogP contribution in [0.25, 0.3) is 0 Å². The van der Waals surface area contributed by atoms with Crippen LogP contribution in [0, 0.1) is 6.92 Å². The Balaban J connectivity index is 1.31. The maximum atomic E-state index is 11.9. The summed E-state index contributed by atoms with van der Waals surface area (Å²) in [6.07, 6.45) is 1.35. The van der Waals surface area contributed by atoms with Gasteiger partial charge in [-0.25, -0.2) is 4.98 Å². The first-order valence-electron chi connectivity index (χ1n) is 9.38. The molecule has 0 atom stereocenters. The van der Waals surface area contributed by atoms with Gasteiger partial charge in [0.25, 0.3) is 5.91 Å². The van der Waals surface area contributed by atoms with Gasteiger partial charge in [-0.1, -0.05) is 17.7 Å². The first kappa shape index (κ1) is 21.3. The number of rotatable bonds is 9. The molecule has 0 aliphatic carbocycles. The first-order valence-corrected chi connectivity index (χ1v) is 11.2. The van der Waals surface area contributed by atoms with Crippen LogP contribution in [0.1, 0.15) is 24.1 Å². The number of carbonyl (C=O) groups excluding carboxylic acids is 3. The average molecular weight is 434 g/mol. The molecule has 1 saturated heterocycles. The molecule has 3 rings (SSSR count). The smallest absolute Gasteiger partial charge is 0.312 e. The van der Waals surface area contributed by atoms with Gasteiger partial charge in [0, 0.05) is 35.5 Å². The highest BCUT2D eigenvalue weighted by atomic mass is 32.2. The number of esters is 1. The number of anilines is 1. The van der Waals surface area contributed by atoms with Gasteiger partial charge in [0.15, 0.2) is 11.7 Å². The molecule has 1 aromatic carbocycles. The van der Waals surface area contributed by atoms with Crippen LogP contribution >= 0.6 is 23.1 Å². The van der Waals surface area contributed by atoms with Gasteiger partial charge in [0.05, 0.1) is 12.1 Å². The monoisotopic (exact) mass is 433 g/mol. The maximum Gasteiger partial charge on any atom is 0.312 e. The normalized spacial score (nSPS) is 13.6. The Morgan fingerprint density at radius 1 is 1.31 bits per heavy atom. The van der Waals surface area contributed by atoms with Crippen LogP contribution in [0.3, 0.4) is 0 Å². The molecule has 1 N–H and O–H groups in total. The van der Waals surface area contributed by atoms with Gasteiger partial charge in [-0.15, -0.1) is 23.1 Å². The van der Waals surface area contributed by atoms with Crippen molar-refractivity contribution in [2.75, 3.05) is 30.3 Å². The minimum Gasteiger partial charge on any atom is -0.455 e. The SMILES string of the molecule is Cc1ccc(SCCNC(=O)COC(=O)Cc2csc(N3CCCC3=O)n2)cc1. The zero-order valence-electron chi connectivity index (χ0n) is 16.2. The van der Waals surface area contributed by atoms with Gasteiger partial charge in [0.1, 0.15) is 0 Å². The molecule has 0 radical (unpaired) electrons. The molecule has 1 fully saturated rings. The molecule has 29 heavy (non-hydrogen) atoms. The van der Waals surface area contributed by atoms with Gasteiger partial charge in [-0.3, -0.25) is 19.3 Å². The van der Waals surface area contributed by atoms with Crippen molar-refractivity contribution < 1.29 is 19.1 Å². The zero-order chi connectivity index (χ0) is 20.6. The topological polar surface area (TPSA) is 88.6 Å². The lowest BCUT2D eigenvalue weighted by atomic mass is 10.2. The second-order valence-electron chi connectivity index (χ2n) is 6.62. The maximum absolute atomic E-state index is 11.9. The quantitative estimate of drug-likeness (QED) is 0.371. The summed E-state index contributed by atoms with van der Waals surface area (Å²) in [5.41, 5.74) is 1.76. The number of hydrogen-bond acceptors (Lipinski definition) is 7. The molecule has 2 amide bonds. The minimum absolute atomic E-state index is 0.0188.